The van der Waals surface area contributed by atoms with Gasteiger partial charge in [-0.2, -0.15) is 11.8 Å². The summed E-state index contributed by atoms with van der Waals surface area (Å²) < 4.78 is 27.1. The van der Waals surface area contributed by atoms with Crippen molar-refractivity contribution in [1.29, 1.82) is 0 Å². The van der Waals surface area contributed by atoms with E-state index in [1.165, 1.54) is 4.31 Å². The van der Waals surface area contributed by atoms with Gasteiger partial charge in [0.05, 0.1) is 5.75 Å². The molecular formula is C23H28Cl2N2O3S2. The van der Waals surface area contributed by atoms with Crippen molar-refractivity contribution in [3.8, 4) is 0 Å². The molecule has 0 unspecified atom stereocenters. The standard InChI is InChI=1S/C23H28Cl2N2O3S2/c1-17-4-2-3-5-20(17)16-32(29,30)27-11-8-18(9-12-27)23(28)26-10-13-31-15-19-6-7-21(24)14-22(19)25/h2-7,14,18H,8-13,15-16H2,1H3,(H,26,28). The van der Waals surface area contributed by atoms with Crippen molar-refractivity contribution in [3.05, 3.63) is 69.2 Å². The lowest BCUT2D eigenvalue weighted by atomic mass is 9.97. The number of piperidine rings is 1. The topological polar surface area (TPSA) is 66.5 Å². The molecule has 0 aliphatic carbocycles. The zero-order chi connectivity index (χ0) is 23.1. The fraction of sp³-hybridized carbons (Fsp3) is 0.435. The van der Waals surface area contributed by atoms with E-state index in [1.54, 1.807) is 17.8 Å². The molecule has 0 saturated carbocycles. The molecule has 2 aromatic carbocycles. The minimum Gasteiger partial charge on any atom is -0.355 e. The number of benzene rings is 2. The number of rotatable bonds is 9. The maximum atomic E-state index is 12.8. The van der Waals surface area contributed by atoms with Crippen molar-refractivity contribution in [1.82, 2.24) is 9.62 Å². The Morgan fingerprint density at radius 3 is 2.53 bits per heavy atom. The molecule has 0 radical (unpaired) electrons. The van der Waals surface area contributed by atoms with Gasteiger partial charge >= 0.3 is 0 Å². The number of sulfonamides is 1. The summed E-state index contributed by atoms with van der Waals surface area (Å²) in [6, 6.07) is 13.0. The highest BCUT2D eigenvalue weighted by Crippen LogP contribution is 2.25. The Bertz CT molecular complexity index is 1040. The number of carbonyl (C=O) groups excluding carboxylic acids is 1. The molecule has 1 fully saturated rings. The molecular weight excluding hydrogens is 487 g/mol. The van der Waals surface area contributed by atoms with Crippen LogP contribution in [0.15, 0.2) is 42.5 Å². The molecule has 0 aromatic heterocycles. The lowest BCUT2D eigenvalue weighted by Crippen LogP contribution is -2.43. The first kappa shape index (κ1) is 25.4. The van der Waals surface area contributed by atoms with E-state index in [9.17, 15) is 13.2 Å². The Balaban J connectivity index is 1.38. The van der Waals surface area contributed by atoms with Crippen LogP contribution in [0.3, 0.4) is 0 Å². The summed E-state index contributed by atoms with van der Waals surface area (Å²) in [5, 5.41) is 4.25. The summed E-state index contributed by atoms with van der Waals surface area (Å²) in [6.07, 6.45) is 1.10. The van der Waals surface area contributed by atoms with Crippen molar-refractivity contribution in [3.63, 3.8) is 0 Å². The van der Waals surface area contributed by atoms with Gasteiger partial charge in [0.25, 0.3) is 0 Å². The van der Waals surface area contributed by atoms with Crippen molar-refractivity contribution in [2.45, 2.75) is 31.3 Å². The third-order valence-corrected chi connectivity index (χ3v) is 9.06. The van der Waals surface area contributed by atoms with Gasteiger partial charge in [0.2, 0.25) is 15.9 Å². The SMILES string of the molecule is Cc1ccccc1CS(=O)(=O)N1CCC(C(=O)NCCSCc2ccc(Cl)cc2Cl)CC1. The maximum Gasteiger partial charge on any atom is 0.223 e. The molecule has 32 heavy (non-hydrogen) atoms. The number of aryl methyl sites for hydroxylation is 1. The summed E-state index contributed by atoms with van der Waals surface area (Å²) in [5.74, 6) is 1.39. The first-order valence-electron chi connectivity index (χ1n) is 10.6. The fourth-order valence-electron chi connectivity index (χ4n) is 3.67. The Kier molecular flexibility index (Phi) is 9.32. The minimum absolute atomic E-state index is 0.00535. The minimum atomic E-state index is -3.39. The first-order valence-corrected chi connectivity index (χ1v) is 14.1. The molecule has 0 bridgehead atoms. The molecule has 0 atom stereocenters. The third-order valence-electron chi connectivity index (χ3n) is 5.64. The average Bonchev–Trinajstić information content (AvgIpc) is 2.76. The highest BCUT2D eigenvalue weighted by molar-refractivity contribution is 7.98. The normalized spacial score (nSPS) is 15.6. The van der Waals surface area contributed by atoms with E-state index in [-0.39, 0.29) is 17.6 Å². The van der Waals surface area contributed by atoms with Gasteiger partial charge in [0.15, 0.2) is 0 Å². The highest BCUT2D eigenvalue weighted by Gasteiger charge is 2.31. The van der Waals surface area contributed by atoms with Crippen molar-refractivity contribution < 1.29 is 13.2 Å². The third kappa shape index (κ3) is 7.12. The number of amides is 1. The zero-order valence-corrected chi connectivity index (χ0v) is 21.2. The molecule has 0 spiro atoms. The lowest BCUT2D eigenvalue weighted by Gasteiger charge is -2.30. The summed E-state index contributed by atoms with van der Waals surface area (Å²) in [5.41, 5.74) is 2.82. The van der Waals surface area contributed by atoms with E-state index in [2.05, 4.69) is 5.32 Å². The van der Waals surface area contributed by atoms with Gasteiger partial charge in [-0.3, -0.25) is 4.79 Å². The molecule has 2 aromatic rings. The van der Waals surface area contributed by atoms with Crippen LogP contribution < -0.4 is 5.32 Å². The Labute approximate surface area is 204 Å². The maximum absolute atomic E-state index is 12.8. The summed E-state index contributed by atoms with van der Waals surface area (Å²) in [6.45, 7) is 3.26. The molecule has 1 aliphatic rings. The predicted octanol–water partition coefficient (Wildman–Crippen LogP) is 4.89. The highest BCUT2D eigenvalue weighted by atomic mass is 35.5. The second-order valence-electron chi connectivity index (χ2n) is 7.94. The van der Waals surface area contributed by atoms with E-state index in [4.69, 9.17) is 23.2 Å². The summed E-state index contributed by atoms with van der Waals surface area (Å²) >= 11 is 13.8. The number of nitrogens with one attached hydrogen (secondary N) is 1. The van der Waals surface area contributed by atoms with Crippen LogP contribution in [-0.4, -0.2) is 44.0 Å². The molecule has 1 saturated heterocycles. The Morgan fingerprint density at radius 2 is 1.84 bits per heavy atom. The van der Waals surface area contributed by atoms with Crippen LogP contribution in [0.4, 0.5) is 0 Å². The van der Waals surface area contributed by atoms with E-state index in [0.717, 1.165) is 28.2 Å². The van der Waals surface area contributed by atoms with E-state index in [1.807, 2.05) is 43.3 Å². The molecule has 3 rings (SSSR count). The molecule has 1 amide bonds. The number of hydrogen-bond acceptors (Lipinski definition) is 4. The van der Waals surface area contributed by atoms with Gasteiger partial charge in [-0.05, 0) is 48.6 Å². The molecule has 1 N–H and O–H groups in total. The van der Waals surface area contributed by atoms with Gasteiger partial charge in [0, 0.05) is 47.1 Å². The lowest BCUT2D eigenvalue weighted by molar-refractivity contribution is -0.125. The molecule has 174 valence electrons. The van der Waals surface area contributed by atoms with Gasteiger partial charge < -0.3 is 5.32 Å². The molecule has 1 heterocycles. The van der Waals surface area contributed by atoms with Gasteiger partial charge in [-0.1, -0.05) is 53.5 Å². The van der Waals surface area contributed by atoms with Crippen LogP contribution in [0.25, 0.3) is 0 Å². The second kappa shape index (κ2) is 11.7. The van der Waals surface area contributed by atoms with Crippen LogP contribution in [-0.2, 0) is 26.3 Å². The number of nitrogens with zero attached hydrogens (tertiary/aromatic N) is 1. The van der Waals surface area contributed by atoms with Gasteiger partial charge in [-0.15, -0.1) is 0 Å². The largest absolute Gasteiger partial charge is 0.355 e. The van der Waals surface area contributed by atoms with Crippen molar-refractivity contribution in [2.24, 2.45) is 5.92 Å². The fourth-order valence-corrected chi connectivity index (χ4v) is 6.75. The smallest absolute Gasteiger partial charge is 0.223 e. The molecule has 1 aliphatic heterocycles. The van der Waals surface area contributed by atoms with E-state index in [0.29, 0.717) is 42.5 Å². The predicted molar refractivity (Wildman–Crippen MR) is 134 cm³/mol. The second-order valence-corrected chi connectivity index (χ2v) is 11.9. The monoisotopic (exact) mass is 514 g/mol. The van der Waals surface area contributed by atoms with Gasteiger partial charge in [-0.25, -0.2) is 12.7 Å². The van der Waals surface area contributed by atoms with Gasteiger partial charge in [0.1, 0.15) is 0 Å². The van der Waals surface area contributed by atoms with Crippen LogP contribution >= 0.6 is 35.0 Å². The number of thioether (sulfide) groups is 1. The van der Waals surface area contributed by atoms with Crippen LogP contribution in [0.5, 0.6) is 0 Å². The molecule has 9 heteroatoms. The van der Waals surface area contributed by atoms with Crippen LogP contribution in [0.2, 0.25) is 10.0 Å². The summed E-state index contributed by atoms with van der Waals surface area (Å²) in [4.78, 5) is 12.5. The van der Waals surface area contributed by atoms with E-state index >= 15 is 0 Å². The quantitative estimate of drug-likeness (QED) is 0.483. The zero-order valence-electron chi connectivity index (χ0n) is 18.0. The van der Waals surface area contributed by atoms with Crippen LogP contribution in [0, 0.1) is 12.8 Å². The number of halogens is 2. The van der Waals surface area contributed by atoms with Crippen LogP contribution in [0.1, 0.15) is 29.5 Å². The Morgan fingerprint density at radius 1 is 1.12 bits per heavy atom. The average molecular weight is 516 g/mol. The van der Waals surface area contributed by atoms with E-state index < -0.39 is 10.0 Å². The number of carbonyl (C=O) groups is 1. The first-order chi connectivity index (χ1) is 15.3. The Hall–Kier alpha value is -1.25. The van der Waals surface area contributed by atoms with Crippen molar-refractivity contribution in [2.75, 3.05) is 25.4 Å². The number of hydrogen-bond donors (Lipinski definition) is 1. The summed E-state index contributed by atoms with van der Waals surface area (Å²) in [7, 11) is -3.39. The van der Waals surface area contributed by atoms with Crippen molar-refractivity contribution >= 4 is 50.9 Å². The molecule has 5 nitrogen and oxygen atoms in total.